The van der Waals surface area contributed by atoms with Gasteiger partial charge in [-0.05, 0) is 66.5 Å². The van der Waals surface area contributed by atoms with Crippen LogP contribution in [0.3, 0.4) is 0 Å². The molecule has 0 bridgehead atoms. The van der Waals surface area contributed by atoms with Crippen molar-refractivity contribution in [3.8, 4) is 5.75 Å². The molecule has 0 amide bonds. The molecule has 0 fully saturated rings. The van der Waals surface area contributed by atoms with Crippen LogP contribution in [0.25, 0.3) is 6.08 Å². The molecule has 0 aliphatic heterocycles. The van der Waals surface area contributed by atoms with Gasteiger partial charge in [-0.15, -0.1) is 24.5 Å². The number of alkyl halides is 3. The van der Waals surface area contributed by atoms with Crippen LogP contribution in [0.2, 0.25) is 0 Å². The van der Waals surface area contributed by atoms with Crippen molar-refractivity contribution in [1.29, 1.82) is 0 Å². The number of Topliss-reactive ketones (excluding diaryl/α,β-unsaturated/α-hetero) is 1. The number of halogens is 3. The molecule has 0 atom stereocenters. The van der Waals surface area contributed by atoms with Crippen molar-refractivity contribution in [2.75, 3.05) is 0 Å². The van der Waals surface area contributed by atoms with Gasteiger partial charge < -0.3 is 4.74 Å². The lowest BCUT2D eigenvalue weighted by molar-refractivity contribution is -0.274. The summed E-state index contributed by atoms with van der Waals surface area (Å²) >= 11 is 1.65. The molecule has 0 N–H and O–H groups in total. The first kappa shape index (κ1) is 20.1. The van der Waals surface area contributed by atoms with E-state index in [1.165, 1.54) is 18.2 Å². The zero-order valence-corrected chi connectivity index (χ0v) is 15.9. The lowest BCUT2D eigenvalue weighted by atomic mass is 9.94. The molecule has 0 radical (unpaired) electrons. The van der Waals surface area contributed by atoms with E-state index in [4.69, 9.17) is 0 Å². The minimum Gasteiger partial charge on any atom is -0.406 e. The number of hydrogen-bond donors (Lipinski definition) is 0. The molecule has 28 heavy (non-hydrogen) atoms. The van der Waals surface area contributed by atoms with Crippen LogP contribution in [0.5, 0.6) is 5.75 Å². The number of thiophene rings is 1. The van der Waals surface area contributed by atoms with Crippen molar-refractivity contribution < 1.29 is 22.7 Å². The highest BCUT2D eigenvalue weighted by molar-refractivity contribution is 7.10. The predicted molar refractivity (Wildman–Crippen MR) is 105 cm³/mol. The summed E-state index contributed by atoms with van der Waals surface area (Å²) in [6.07, 6.45) is 6.24. The summed E-state index contributed by atoms with van der Waals surface area (Å²) in [5.41, 5.74) is 1.94. The number of ether oxygens (including phenoxy) is 1. The SMILES string of the molecule is O=C(C1=CCC(/C=C/c2cccs2)=CCCC1)c1cccc(OC(F)(F)F)c1. The smallest absolute Gasteiger partial charge is 0.406 e. The number of rotatable bonds is 5. The third-order valence-electron chi connectivity index (χ3n) is 4.27. The van der Waals surface area contributed by atoms with E-state index in [1.807, 2.05) is 35.7 Å². The highest BCUT2D eigenvalue weighted by Crippen LogP contribution is 2.26. The van der Waals surface area contributed by atoms with Crippen molar-refractivity contribution in [2.45, 2.75) is 32.0 Å². The first-order valence-electron chi connectivity index (χ1n) is 8.91. The lowest BCUT2D eigenvalue weighted by Gasteiger charge is -2.12. The Morgan fingerprint density at radius 2 is 1.96 bits per heavy atom. The first-order valence-corrected chi connectivity index (χ1v) is 9.79. The first-order chi connectivity index (χ1) is 13.4. The van der Waals surface area contributed by atoms with E-state index in [9.17, 15) is 18.0 Å². The highest BCUT2D eigenvalue weighted by Gasteiger charge is 2.31. The Morgan fingerprint density at radius 1 is 1.11 bits per heavy atom. The molecule has 2 aromatic rings. The predicted octanol–water partition coefficient (Wildman–Crippen LogP) is 6.97. The van der Waals surface area contributed by atoms with E-state index in [0.29, 0.717) is 18.4 Å². The fraction of sp³-hybridized carbons (Fsp3) is 0.227. The average molecular weight is 404 g/mol. The van der Waals surface area contributed by atoms with Crippen molar-refractivity contribution in [3.05, 3.63) is 81.6 Å². The molecule has 146 valence electrons. The van der Waals surface area contributed by atoms with Gasteiger partial charge in [-0.1, -0.05) is 36.4 Å². The Hall–Kier alpha value is -2.60. The van der Waals surface area contributed by atoms with Crippen LogP contribution >= 0.6 is 11.3 Å². The maximum atomic E-state index is 12.8. The molecule has 1 heterocycles. The van der Waals surface area contributed by atoms with Crippen LogP contribution in [0, 0.1) is 0 Å². The monoisotopic (exact) mass is 404 g/mol. The van der Waals surface area contributed by atoms with E-state index in [1.54, 1.807) is 11.3 Å². The second-order valence-electron chi connectivity index (χ2n) is 6.36. The van der Waals surface area contributed by atoms with Gasteiger partial charge in [-0.25, -0.2) is 0 Å². The van der Waals surface area contributed by atoms with Crippen LogP contribution in [-0.2, 0) is 0 Å². The van der Waals surface area contributed by atoms with Gasteiger partial charge in [-0.3, -0.25) is 4.79 Å². The largest absolute Gasteiger partial charge is 0.573 e. The quantitative estimate of drug-likeness (QED) is 0.503. The molecular formula is C22H19F3O2S. The van der Waals surface area contributed by atoms with Crippen molar-refractivity contribution >= 4 is 23.2 Å². The molecule has 1 aromatic carbocycles. The standard InChI is InChI=1S/C22H19F3O2S/c23-22(24,25)27-19-8-3-7-18(15-19)21(26)17-6-2-1-5-16(10-12-17)11-13-20-9-4-14-28-20/h3-5,7-9,11-15H,1-2,6,10H2/b13-11+,16-5?,17-12?. The van der Waals surface area contributed by atoms with Crippen molar-refractivity contribution in [2.24, 2.45) is 0 Å². The van der Waals surface area contributed by atoms with Gasteiger partial charge >= 0.3 is 6.36 Å². The Bertz CT molecular complexity index is 906. The normalized spacial score (nSPS) is 15.5. The summed E-state index contributed by atoms with van der Waals surface area (Å²) in [7, 11) is 0. The van der Waals surface area contributed by atoms with Crippen LogP contribution in [0.1, 0.15) is 40.9 Å². The van der Waals surface area contributed by atoms with Crippen molar-refractivity contribution in [3.63, 3.8) is 0 Å². The van der Waals surface area contributed by atoms with Crippen LogP contribution < -0.4 is 4.74 Å². The van der Waals surface area contributed by atoms with Gasteiger partial charge in [0.1, 0.15) is 5.75 Å². The molecule has 1 aliphatic rings. The molecule has 0 saturated carbocycles. The summed E-state index contributed by atoms with van der Waals surface area (Å²) in [5.74, 6) is -0.639. The van der Waals surface area contributed by atoms with Gasteiger partial charge in [0.2, 0.25) is 0 Å². The molecule has 2 nitrogen and oxygen atoms in total. The average Bonchev–Trinajstić information content (AvgIpc) is 3.13. The number of carbonyl (C=O) groups excluding carboxylic acids is 1. The van der Waals surface area contributed by atoms with Crippen molar-refractivity contribution in [1.82, 2.24) is 0 Å². The Labute approximate surface area is 165 Å². The minimum atomic E-state index is -4.78. The zero-order chi connectivity index (χ0) is 20.0. The molecule has 0 unspecified atom stereocenters. The number of allylic oxidation sites excluding steroid dienone is 5. The minimum absolute atomic E-state index is 0.202. The summed E-state index contributed by atoms with van der Waals surface area (Å²) < 4.78 is 41.2. The molecule has 0 spiro atoms. The molecular weight excluding hydrogens is 385 g/mol. The molecule has 0 saturated heterocycles. The summed E-state index contributed by atoms with van der Waals surface area (Å²) in [5, 5.41) is 2.01. The van der Waals surface area contributed by atoms with Gasteiger partial charge in [0, 0.05) is 10.4 Å². The van der Waals surface area contributed by atoms with Crippen LogP contribution in [0.4, 0.5) is 13.2 Å². The highest BCUT2D eigenvalue weighted by atomic mass is 32.1. The van der Waals surface area contributed by atoms with Crippen LogP contribution in [0.15, 0.2) is 71.2 Å². The Morgan fingerprint density at radius 3 is 2.71 bits per heavy atom. The zero-order valence-electron chi connectivity index (χ0n) is 15.0. The molecule has 1 aromatic heterocycles. The van der Waals surface area contributed by atoms with Gasteiger partial charge in [0.05, 0.1) is 0 Å². The van der Waals surface area contributed by atoms with Crippen LogP contribution in [-0.4, -0.2) is 12.1 Å². The molecule has 6 heteroatoms. The number of benzene rings is 1. The maximum Gasteiger partial charge on any atom is 0.573 e. The molecule has 3 rings (SSSR count). The Kier molecular flexibility index (Phi) is 6.52. The number of hydrogen-bond acceptors (Lipinski definition) is 3. The maximum absolute atomic E-state index is 12.8. The fourth-order valence-electron chi connectivity index (χ4n) is 2.94. The second kappa shape index (κ2) is 9.06. The topological polar surface area (TPSA) is 26.3 Å². The molecule has 1 aliphatic carbocycles. The lowest BCUT2D eigenvalue weighted by Crippen LogP contribution is -2.17. The van der Waals surface area contributed by atoms with E-state index in [0.717, 1.165) is 29.4 Å². The third-order valence-corrected chi connectivity index (χ3v) is 5.10. The number of ketones is 1. The summed E-state index contributed by atoms with van der Waals surface area (Å²) in [4.78, 5) is 14.0. The van der Waals surface area contributed by atoms with Gasteiger partial charge in [-0.2, -0.15) is 0 Å². The van der Waals surface area contributed by atoms with Gasteiger partial charge in [0.25, 0.3) is 0 Å². The third kappa shape index (κ3) is 5.96. The number of carbonyl (C=O) groups is 1. The summed E-state index contributed by atoms with van der Waals surface area (Å²) in [6, 6.07) is 9.26. The summed E-state index contributed by atoms with van der Waals surface area (Å²) in [6.45, 7) is 0. The van der Waals surface area contributed by atoms with E-state index < -0.39 is 6.36 Å². The Balaban J connectivity index is 1.73. The van der Waals surface area contributed by atoms with Gasteiger partial charge in [0.15, 0.2) is 5.78 Å². The second-order valence-corrected chi connectivity index (χ2v) is 7.34. The van der Waals surface area contributed by atoms with E-state index >= 15 is 0 Å². The fourth-order valence-corrected chi connectivity index (χ4v) is 3.56. The van der Waals surface area contributed by atoms with E-state index in [-0.39, 0.29) is 17.1 Å². The van der Waals surface area contributed by atoms with E-state index in [2.05, 4.69) is 10.8 Å².